The summed E-state index contributed by atoms with van der Waals surface area (Å²) in [5, 5.41) is 4.18. The van der Waals surface area contributed by atoms with Crippen LogP contribution in [0.15, 0.2) is 24.4 Å². The van der Waals surface area contributed by atoms with Gasteiger partial charge in [-0.15, -0.1) is 0 Å². The van der Waals surface area contributed by atoms with Crippen LogP contribution in [0.25, 0.3) is 10.9 Å². The topological polar surface area (TPSA) is 44.9 Å². The minimum atomic E-state index is 0.134. The van der Waals surface area contributed by atoms with E-state index in [1.165, 1.54) is 5.56 Å². The van der Waals surface area contributed by atoms with Gasteiger partial charge < -0.3 is 10.3 Å². The number of carbonyl (C=O) groups is 1. The lowest BCUT2D eigenvalue weighted by molar-refractivity contribution is -0.120. The average Bonchev–Trinajstić information content (AvgIpc) is 3.01. The molecule has 3 rings (SSSR count). The zero-order valence-corrected chi connectivity index (χ0v) is 9.92. The maximum absolute atomic E-state index is 11.8. The minimum Gasteiger partial charge on any atom is -0.361 e. The Kier molecular flexibility index (Phi) is 2.39. The molecule has 88 valence electrons. The molecule has 1 fully saturated rings. The van der Waals surface area contributed by atoms with E-state index in [1.54, 1.807) is 0 Å². The molecule has 1 amide bonds. The van der Waals surface area contributed by atoms with Crippen LogP contribution in [0.2, 0.25) is 0 Å². The van der Waals surface area contributed by atoms with Crippen molar-refractivity contribution in [2.24, 2.45) is 0 Å². The zero-order chi connectivity index (χ0) is 11.8. The van der Waals surface area contributed by atoms with Gasteiger partial charge in [-0.05, 0) is 37.5 Å². The number of nitrogens with one attached hydrogen (secondary N) is 2. The van der Waals surface area contributed by atoms with Crippen LogP contribution in [0, 0.1) is 6.92 Å². The highest BCUT2D eigenvalue weighted by Crippen LogP contribution is 2.21. The Balaban J connectivity index is 1.83. The molecule has 0 atom stereocenters. The fourth-order valence-corrected chi connectivity index (χ4v) is 2.12. The highest BCUT2D eigenvalue weighted by Gasteiger charge is 2.23. The quantitative estimate of drug-likeness (QED) is 0.831. The first-order chi connectivity index (χ1) is 8.22. The van der Waals surface area contributed by atoms with Crippen molar-refractivity contribution in [2.45, 2.75) is 32.2 Å². The predicted octanol–water partition coefficient (Wildman–Crippen LogP) is 2.30. The summed E-state index contributed by atoms with van der Waals surface area (Å²) in [4.78, 5) is 15.0. The number of benzene rings is 1. The molecule has 0 unspecified atom stereocenters. The van der Waals surface area contributed by atoms with Gasteiger partial charge in [-0.3, -0.25) is 4.79 Å². The maximum atomic E-state index is 11.8. The van der Waals surface area contributed by atoms with Crippen LogP contribution in [0.1, 0.15) is 24.0 Å². The van der Waals surface area contributed by atoms with E-state index in [0.717, 1.165) is 29.3 Å². The van der Waals surface area contributed by atoms with Crippen LogP contribution in [0.3, 0.4) is 0 Å². The number of hydrogen-bond acceptors (Lipinski definition) is 1. The SMILES string of the molecule is Cc1ccc2[nH]cc(CC(=O)NC3CC3)c2c1. The van der Waals surface area contributed by atoms with Gasteiger partial charge in [-0.25, -0.2) is 0 Å². The minimum absolute atomic E-state index is 0.134. The van der Waals surface area contributed by atoms with Crippen molar-refractivity contribution in [3.05, 3.63) is 35.5 Å². The number of rotatable bonds is 3. The molecule has 2 aromatic rings. The molecular weight excluding hydrogens is 212 g/mol. The monoisotopic (exact) mass is 228 g/mol. The molecule has 2 N–H and O–H groups in total. The number of carbonyl (C=O) groups excluding carboxylic acids is 1. The van der Waals surface area contributed by atoms with E-state index >= 15 is 0 Å². The Labute approximate surface area is 100 Å². The molecule has 1 aliphatic carbocycles. The van der Waals surface area contributed by atoms with Gasteiger partial charge in [0.15, 0.2) is 0 Å². The van der Waals surface area contributed by atoms with Crippen molar-refractivity contribution in [3.63, 3.8) is 0 Å². The largest absolute Gasteiger partial charge is 0.361 e. The smallest absolute Gasteiger partial charge is 0.224 e. The molecule has 0 spiro atoms. The average molecular weight is 228 g/mol. The summed E-state index contributed by atoms with van der Waals surface area (Å²) in [5.41, 5.74) is 3.41. The second kappa shape index (κ2) is 3.91. The lowest BCUT2D eigenvalue weighted by atomic mass is 10.1. The van der Waals surface area contributed by atoms with Gasteiger partial charge in [0, 0.05) is 23.1 Å². The van der Waals surface area contributed by atoms with E-state index in [4.69, 9.17) is 0 Å². The van der Waals surface area contributed by atoms with Crippen LogP contribution in [-0.4, -0.2) is 16.9 Å². The van der Waals surface area contributed by atoms with Gasteiger partial charge in [0.05, 0.1) is 6.42 Å². The van der Waals surface area contributed by atoms with Crippen LogP contribution in [-0.2, 0) is 11.2 Å². The van der Waals surface area contributed by atoms with Gasteiger partial charge in [0.25, 0.3) is 0 Å². The number of H-pyrrole nitrogens is 1. The van der Waals surface area contributed by atoms with Crippen molar-refractivity contribution in [1.82, 2.24) is 10.3 Å². The molecule has 1 aromatic heterocycles. The third-order valence-electron chi connectivity index (χ3n) is 3.22. The second-order valence-electron chi connectivity index (χ2n) is 4.88. The molecule has 17 heavy (non-hydrogen) atoms. The Morgan fingerprint density at radius 3 is 3.06 bits per heavy atom. The van der Waals surface area contributed by atoms with Crippen LogP contribution >= 0.6 is 0 Å². The highest BCUT2D eigenvalue weighted by atomic mass is 16.1. The van der Waals surface area contributed by atoms with E-state index in [1.807, 2.05) is 6.20 Å². The van der Waals surface area contributed by atoms with Crippen molar-refractivity contribution in [1.29, 1.82) is 0 Å². The van der Waals surface area contributed by atoms with Gasteiger partial charge >= 0.3 is 0 Å². The van der Waals surface area contributed by atoms with Crippen molar-refractivity contribution >= 4 is 16.8 Å². The van der Waals surface area contributed by atoms with Crippen LogP contribution in [0.5, 0.6) is 0 Å². The lowest BCUT2D eigenvalue weighted by Gasteiger charge is -2.02. The summed E-state index contributed by atoms with van der Waals surface area (Å²) >= 11 is 0. The van der Waals surface area contributed by atoms with Crippen molar-refractivity contribution in [3.8, 4) is 0 Å². The molecule has 0 aliphatic heterocycles. The van der Waals surface area contributed by atoms with Gasteiger partial charge in [0.1, 0.15) is 0 Å². The number of aromatic nitrogens is 1. The van der Waals surface area contributed by atoms with Crippen LogP contribution in [0.4, 0.5) is 0 Å². The number of hydrogen-bond donors (Lipinski definition) is 2. The summed E-state index contributed by atoms with van der Waals surface area (Å²) in [7, 11) is 0. The number of amides is 1. The normalized spacial score (nSPS) is 15.1. The molecule has 1 aliphatic rings. The standard InChI is InChI=1S/C14H16N2O/c1-9-2-5-13-12(6-9)10(8-15-13)7-14(17)16-11-3-4-11/h2,5-6,8,11,15H,3-4,7H2,1H3,(H,16,17). The third kappa shape index (κ3) is 2.18. The zero-order valence-electron chi connectivity index (χ0n) is 9.92. The molecular formula is C14H16N2O. The Hall–Kier alpha value is -1.77. The molecule has 1 aromatic carbocycles. The molecule has 1 heterocycles. The molecule has 3 heteroatoms. The Morgan fingerprint density at radius 2 is 2.29 bits per heavy atom. The van der Waals surface area contributed by atoms with Gasteiger partial charge in [0.2, 0.25) is 5.91 Å². The fourth-order valence-electron chi connectivity index (χ4n) is 2.12. The van der Waals surface area contributed by atoms with Crippen molar-refractivity contribution < 1.29 is 4.79 Å². The van der Waals surface area contributed by atoms with E-state index in [2.05, 4.69) is 35.4 Å². The number of aromatic amines is 1. The Bertz CT molecular complexity index is 567. The molecule has 1 saturated carbocycles. The molecule has 3 nitrogen and oxygen atoms in total. The lowest BCUT2D eigenvalue weighted by Crippen LogP contribution is -2.26. The summed E-state index contributed by atoms with van der Waals surface area (Å²) in [6, 6.07) is 6.71. The first-order valence-corrected chi connectivity index (χ1v) is 6.08. The summed E-state index contributed by atoms with van der Waals surface area (Å²) in [5.74, 6) is 0.134. The van der Waals surface area contributed by atoms with E-state index in [0.29, 0.717) is 12.5 Å². The number of fused-ring (bicyclic) bond motifs is 1. The molecule has 0 saturated heterocycles. The van der Waals surface area contributed by atoms with E-state index in [9.17, 15) is 4.79 Å². The maximum Gasteiger partial charge on any atom is 0.224 e. The Morgan fingerprint density at radius 1 is 1.47 bits per heavy atom. The summed E-state index contributed by atoms with van der Waals surface area (Å²) < 4.78 is 0. The van der Waals surface area contributed by atoms with E-state index in [-0.39, 0.29) is 5.91 Å². The first kappa shape index (κ1) is 10.4. The number of aryl methyl sites for hydroxylation is 1. The summed E-state index contributed by atoms with van der Waals surface area (Å²) in [6.45, 7) is 2.07. The highest BCUT2D eigenvalue weighted by molar-refractivity contribution is 5.89. The summed E-state index contributed by atoms with van der Waals surface area (Å²) in [6.07, 6.45) is 4.69. The van der Waals surface area contributed by atoms with Crippen molar-refractivity contribution in [2.75, 3.05) is 0 Å². The van der Waals surface area contributed by atoms with Crippen LogP contribution < -0.4 is 5.32 Å². The molecule has 0 radical (unpaired) electrons. The van der Waals surface area contributed by atoms with E-state index < -0.39 is 0 Å². The predicted molar refractivity (Wildman–Crippen MR) is 67.9 cm³/mol. The third-order valence-corrected chi connectivity index (χ3v) is 3.22. The fraction of sp³-hybridized carbons (Fsp3) is 0.357. The van der Waals surface area contributed by atoms with Gasteiger partial charge in [-0.1, -0.05) is 11.6 Å². The molecule has 0 bridgehead atoms. The first-order valence-electron chi connectivity index (χ1n) is 6.08. The second-order valence-corrected chi connectivity index (χ2v) is 4.88. The van der Waals surface area contributed by atoms with Gasteiger partial charge in [-0.2, -0.15) is 0 Å².